The third kappa shape index (κ3) is 3.57. The topological polar surface area (TPSA) is 83.5 Å². The highest BCUT2D eigenvalue weighted by molar-refractivity contribution is 7.98. The van der Waals surface area contributed by atoms with Crippen LogP contribution in [-0.2, 0) is 6.42 Å². The minimum absolute atomic E-state index is 0.161. The molecule has 0 atom stereocenters. The second-order valence-corrected chi connectivity index (χ2v) is 5.84. The van der Waals surface area contributed by atoms with Gasteiger partial charge in [0.05, 0.1) is 6.21 Å². The molecule has 3 aromatic rings. The number of hydrogen-bond donors (Lipinski definition) is 2. The van der Waals surface area contributed by atoms with Gasteiger partial charge in [0.15, 0.2) is 17.3 Å². The van der Waals surface area contributed by atoms with Gasteiger partial charge in [-0.05, 0) is 35.6 Å². The van der Waals surface area contributed by atoms with E-state index in [1.165, 1.54) is 23.9 Å². The second-order valence-electron chi connectivity index (χ2n) is 5.07. The summed E-state index contributed by atoms with van der Waals surface area (Å²) in [4.78, 5) is 0. The fourth-order valence-corrected chi connectivity index (χ4v) is 2.62. The number of nitrogens with zero attached hydrogens (tertiary/aromatic N) is 4. The van der Waals surface area contributed by atoms with Crippen LogP contribution < -0.4 is 0 Å². The van der Waals surface area contributed by atoms with Crippen LogP contribution in [0.1, 0.15) is 17.0 Å². The van der Waals surface area contributed by atoms with Crippen LogP contribution in [0.2, 0.25) is 0 Å². The van der Waals surface area contributed by atoms with E-state index in [0.29, 0.717) is 17.1 Å². The standard InChI is InChI=1S/C17H16N4O2S/c1-24-17-20-19-16(10-12-5-3-2-4-6-12)21(17)18-11-13-7-8-14(22)15(23)9-13/h2-9,11,22-23H,10H2,1H3/b18-11-. The van der Waals surface area contributed by atoms with Gasteiger partial charge >= 0.3 is 0 Å². The largest absolute Gasteiger partial charge is 0.504 e. The number of benzene rings is 2. The summed E-state index contributed by atoms with van der Waals surface area (Å²) >= 11 is 1.45. The number of phenolic OH excluding ortho intramolecular Hbond substituents is 2. The molecule has 0 aliphatic heterocycles. The normalized spacial score (nSPS) is 11.2. The van der Waals surface area contributed by atoms with Crippen LogP contribution in [0.3, 0.4) is 0 Å². The lowest BCUT2D eigenvalue weighted by atomic mass is 10.1. The Kier molecular flexibility index (Phi) is 4.81. The molecular formula is C17H16N4O2S. The molecule has 6 nitrogen and oxygen atoms in total. The van der Waals surface area contributed by atoms with Crippen LogP contribution in [0.4, 0.5) is 0 Å². The van der Waals surface area contributed by atoms with E-state index in [9.17, 15) is 10.2 Å². The van der Waals surface area contributed by atoms with E-state index in [1.807, 2.05) is 36.6 Å². The summed E-state index contributed by atoms with van der Waals surface area (Å²) in [5.41, 5.74) is 1.79. The molecule has 0 amide bonds. The summed E-state index contributed by atoms with van der Waals surface area (Å²) in [5, 5.41) is 32.4. The molecular weight excluding hydrogens is 324 g/mol. The lowest BCUT2D eigenvalue weighted by Gasteiger charge is -2.04. The van der Waals surface area contributed by atoms with Crippen molar-refractivity contribution in [2.75, 3.05) is 6.26 Å². The first-order valence-corrected chi connectivity index (χ1v) is 8.48. The van der Waals surface area contributed by atoms with Crippen molar-refractivity contribution in [1.29, 1.82) is 0 Å². The van der Waals surface area contributed by atoms with Crippen molar-refractivity contribution < 1.29 is 10.2 Å². The number of thioether (sulfide) groups is 1. The fourth-order valence-electron chi connectivity index (χ4n) is 2.17. The van der Waals surface area contributed by atoms with Crippen molar-refractivity contribution >= 4 is 18.0 Å². The fraction of sp³-hybridized carbons (Fsp3) is 0.118. The Bertz CT molecular complexity index is 862. The van der Waals surface area contributed by atoms with Gasteiger partial charge in [0.2, 0.25) is 5.16 Å². The number of hydrogen-bond acceptors (Lipinski definition) is 6. The van der Waals surface area contributed by atoms with E-state index in [2.05, 4.69) is 15.3 Å². The van der Waals surface area contributed by atoms with E-state index >= 15 is 0 Å². The predicted octanol–water partition coefficient (Wildman–Crippen LogP) is 2.88. The summed E-state index contributed by atoms with van der Waals surface area (Å²) in [5.74, 6) is 0.383. The minimum atomic E-state index is -0.183. The highest BCUT2D eigenvalue weighted by Gasteiger charge is 2.11. The summed E-state index contributed by atoms with van der Waals surface area (Å²) in [7, 11) is 0. The van der Waals surface area contributed by atoms with Gasteiger partial charge in [0.25, 0.3) is 0 Å². The Balaban J connectivity index is 1.90. The Labute approximate surface area is 143 Å². The van der Waals surface area contributed by atoms with Crippen molar-refractivity contribution in [1.82, 2.24) is 14.9 Å². The van der Waals surface area contributed by atoms with E-state index < -0.39 is 0 Å². The first kappa shape index (κ1) is 16.1. The third-order valence-corrected chi connectivity index (χ3v) is 4.01. The van der Waals surface area contributed by atoms with Crippen LogP contribution in [0.25, 0.3) is 0 Å². The van der Waals surface area contributed by atoms with Crippen molar-refractivity contribution in [3.8, 4) is 11.5 Å². The SMILES string of the molecule is CSc1nnc(Cc2ccccc2)n1/N=C\c1ccc(O)c(O)c1. The summed E-state index contributed by atoms with van der Waals surface area (Å²) in [6.45, 7) is 0. The van der Waals surface area contributed by atoms with Crippen LogP contribution >= 0.6 is 11.8 Å². The van der Waals surface area contributed by atoms with Gasteiger partial charge < -0.3 is 10.2 Å². The van der Waals surface area contributed by atoms with Crippen LogP contribution in [-0.4, -0.2) is 37.6 Å². The lowest BCUT2D eigenvalue weighted by molar-refractivity contribution is 0.403. The van der Waals surface area contributed by atoms with Crippen molar-refractivity contribution in [2.24, 2.45) is 5.10 Å². The van der Waals surface area contributed by atoms with Crippen LogP contribution in [0, 0.1) is 0 Å². The van der Waals surface area contributed by atoms with Gasteiger partial charge in [0, 0.05) is 6.42 Å². The molecule has 0 saturated heterocycles. The van der Waals surface area contributed by atoms with Crippen LogP contribution in [0.15, 0.2) is 58.8 Å². The summed E-state index contributed by atoms with van der Waals surface area (Å²) in [6, 6.07) is 14.5. The van der Waals surface area contributed by atoms with E-state index in [1.54, 1.807) is 17.0 Å². The van der Waals surface area contributed by atoms with E-state index in [4.69, 9.17) is 0 Å². The molecule has 7 heteroatoms. The van der Waals surface area contributed by atoms with Gasteiger partial charge in [-0.25, -0.2) is 0 Å². The van der Waals surface area contributed by atoms with Gasteiger partial charge in [-0.3, -0.25) is 0 Å². The molecule has 0 unspecified atom stereocenters. The summed E-state index contributed by atoms with van der Waals surface area (Å²) < 4.78 is 1.68. The Morgan fingerprint density at radius 1 is 1.08 bits per heavy atom. The number of phenols is 2. The molecule has 0 fully saturated rings. The second kappa shape index (κ2) is 7.18. The van der Waals surface area contributed by atoms with Gasteiger partial charge in [0.1, 0.15) is 0 Å². The van der Waals surface area contributed by atoms with Gasteiger partial charge in [-0.2, -0.15) is 9.78 Å². The number of aromatic nitrogens is 3. The molecule has 1 aromatic heterocycles. The molecule has 0 bridgehead atoms. The Morgan fingerprint density at radius 2 is 1.88 bits per heavy atom. The molecule has 0 aliphatic carbocycles. The maximum atomic E-state index is 9.56. The first-order chi connectivity index (χ1) is 11.7. The maximum Gasteiger partial charge on any atom is 0.211 e. The summed E-state index contributed by atoms with van der Waals surface area (Å²) in [6.07, 6.45) is 4.12. The number of rotatable bonds is 5. The molecule has 24 heavy (non-hydrogen) atoms. The molecule has 2 N–H and O–H groups in total. The van der Waals surface area contributed by atoms with E-state index in [-0.39, 0.29) is 11.5 Å². The van der Waals surface area contributed by atoms with Gasteiger partial charge in [-0.1, -0.05) is 42.1 Å². The molecule has 2 aromatic carbocycles. The average Bonchev–Trinajstić information content (AvgIpc) is 2.98. The molecule has 0 aliphatic rings. The maximum absolute atomic E-state index is 9.56. The van der Waals surface area contributed by atoms with Crippen molar-refractivity contribution in [3.05, 3.63) is 65.5 Å². The van der Waals surface area contributed by atoms with E-state index in [0.717, 1.165) is 11.4 Å². The zero-order valence-electron chi connectivity index (χ0n) is 13.0. The molecule has 122 valence electrons. The molecule has 1 heterocycles. The zero-order valence-corrected chi connectivity index (χ0v) is 13.8. The molecule has 0 radical (unpaired) electrons. The van der Waals surface area contributed by atoms with Crippen molar-refractivity contribution in [2.45, 2.75) is 11.6 Å². The Hall–Kier alpha value is -2.80. The number of aromatic hydroxyl groups is 2. The quantitative estimate of drug-likeness (QED) is 0.424. The molecule has 3 rings (SSSR count). The van der Waals surface area contributed by atoms with Crippen LogP contribution in [0.5, 0.6) is 11.5 Å². The van der Waals surface area contributed by atoms with Crippen molar-refractivity contribution in [3.63, 3.8) is 0 Å². The minimum Gasteiger partial charge on any atom is -0.504 e. The van der Waals surface area contributed by atoms with Gasteiger partial charge in [-0.15, -0.1) is 10.2 Å². The first-order valence-electron chi connectivity index (χ1n) is 7.26. The average molecular weight is 340 g/mol. The highest BCUT2D eigenvalue weighted by Crippen LogP contribution is 2.24. The third-order valence-electron chi connectivity index (χ3n) is 3.39. The monoisotopic (exact) mass is 340 g/mol. The zero-order chi connectivity index (χ0) is 16.9. The highest BCUT2D eigenvalue weighted by atomic mass is 32.2. The molecule has 0 saturated carbocycles. The predicted molar refractivity (Wildman–Crippen MR) is 93.8 cm³/mol. The Morgan fingerprint density at radius 3 is 2.58 bits per heavy atom. The lowest BCUT2D eigenvalue weighted by Crippen LogP contribution is -2.01. The smallest absolute Gasteiger partial charge is 0.211 e. The molecule has 0 spiro atoms.